The molecule has 2 aromatic rings. The number of nitrogens with one attached hydrogen (secondary N) is 1. The number of nitrogens with zero attached hydrogens (tertiary/aromatic N) is 2. The molecule has 2 rings (SSSR count). The molecule has 0 radical (unpaired) electrons. The Labute approximate surface area is 88.7 Å². The van der Waals surface area contributed by atoms with Gasteiger partial charge in [0.05, 0.1) is 6.20 Å². The van der Waals surface area contributed by atoms with Crippen LogP contribution in [0, 0.1) is 0 Å². The first kappa shape index (κ1) is 9.21. The summed E-state index contributed by atoms with van der Waals surface area (Å²) in [5.41, 5.74) is 1.02. The summed E-state index contributed by atoms with van der Waals surface area (Å²) in [7, 11) is 1.70. The van der Waals surface area contributed by atoms with Crippen LogP contribution in [0.15, 0.2) is 33.8 Å². The number of fused-ring (bicyclic) bond motifs is 1. The highest BCUT2D eigenvalue weighted by Crippen LogP contribution is 2.09. The zero-order valence-electron chi connectivity index (χ0n) is 7.49. The van der Waals surface area contributed by atoms with Gasteiger partial charge in [0.1, 0.15) is 11.3 Å². The van der Waals surface area contributed by atoms with E-state index in [9.17, 15) is 4.79 Å². The number of rotatable bonds is 1. The third-order valence-corrected chi connectivity index (χ3v) is 2.40. The average Bonchev–Trinajstić information content (AvgIpc) is 2.20. The van der Waals surface area contributed by atoms with Gasteiger partial charge in [-0.05, 0) is 28.1 Å². The van der Waals surface area contributed by atoms with Crippen molar-refractivity contribution < 1.29 is 0 Å². The molecule has 0 atom stereocenters. The van der Waals surface area contributed by atoms with E-state index in [4.69, 9.17) is 0 Å². The fourth-order valence-electron chi connectivity index (χ4n) is 1.22. The smallest absolute Gasteiger partial charge is 0.281 e. The third kappa shape index (κ3) is 1.39. The van der Waals surface area contributed by atoms with Crippen molar-refractivity contribution in [3.8, 4) is 0 Å². The lowest BCUT2D eigenvalue weighted by molar-refractivity contribution is 1.04. The van der Waals surface area contributed by atoms with Crippen LogP contribution >= 0.6 is 15.9 Å². The van der Waals surface area contributed by atoms with E-state index in [1.807, 2.05) is 6.07 Å². The van der Waals surface area contributed by atoms with E-state index in [1.165, 1.54) is 10.6 Å². The van der Waals surface area contributed by atoms with E-state index in [-0.39, 0.29) is 5.56 Å². The zero-order valence-corrected chi connectivity index (χ0v) is 9.08. The van der Waals surface area contributed by atoms with Crippen molar-refractivity contribution in [2.75, 3.05) is 12.4 Å². The lowest BCUT2D eigenvalue weighted by atomic mass is 10.4. The number of anilines is 1. The molecule has 0 saturated heterocycles. The first-order valence-corrected chi connectivity index (χ1v) is 4.86. The molecule has 14 heavy (non-hydrogen) atoms. The van der Waals surface area contributed by atoms with Gasteiger partial charge in [0.15, 0.2) is 0 Å². The van der Waals surface area contributed by atoms with Crippen LogP contribution < -0.4 is 10.9 Å². The van der Waals surface area contributed by atoms with Gasteiger partial charge in [-0.15, -0.1) is 0 Å². The van der Waals surface area contributed by atoms with Crippen molar-refractivity contribution >= 4 is 27.3 Å². The number of pyridine rings is 1. The standard InChI is InChI=1S/C9H8BrN3O/c1-11-7-4-12-8-3-2-6(10)5-13(8)9(7)14/h2-5,11H,1H3. The highest BCUT2D eigenvalue weighted by Gasteiger charge is 2.02. The van der Waals surface area contributed by atoms with Gasteiger partial charge in [-0.25, -0.2) is 4.98 Å². The van der Waals surface area contributed by atoms with Crippen LogP contribution in [-0.4, -0.2) is 16.4 Å². The van der Waals surface area contributed by atoms with Crippen molar-refractivity contribution in [1.29, 1.82) is 0 Å². The molecule has 5 heteroatoms. The predicted molar refractivity (Wildman–Crippen MR) is 58.7 cm³/mol. The number of halogens is 1. The van der Waals surface area contributed by atoms with Crippen LogP contribution in [-0.2, 0) is 0 Å². The van der Waals surface area contributed by atoms with Gasteiger partial charge in [-0.2, -0.15) is 0 Å². The maximum absolute atomic E-state index is 11.8. The quantitative estimate of drug-likeness (QED) is 0.838. The van der Waals surface area contributed by atoms with Crippen LogP contribution in [0.4, 0.5) is 5.69 Å². The van der Waals surface area contributed by atoms with Gasteiger partial charge >= 0.3 is 0 Å². The van der Waals surface area contributed by atoms with Gasteiger partial charge < -0.3 is 5.32 Å². The van der Waals surface area contributed by atoms with Gasteiger partial charge in [-0.1, -0.05) is 0 Å². The fraction of sp³-hybridized carbons (Fsp3) is 0.111. The summed E-state index contributed by atoms with van der Waals surface area (Å²) in [5.74, 6) is 0. The molecule has 0 bridgehead atoms. The van der Waals surface area contributed by atoms with E-state index < -0.39 is 0 Å². The molecule has 0 spiro atoms. The highest BCUT2D eigenvalue weighted by molar-refractivity contribution is 9.10. The molecular weight excluding hydrogens is 246 g/mol. The molecule has 0 aliphatic carbocycles. The molecule has 1 N–H and O–H groups in total. The molecule has 0 amide bonds. The second-order valence-corrected chi connectivity index (χ2v) is 3.72. The molecule has 2 heterocycles. The zero-order chi connectivity index (χ0) is 10.1. The van der Waals surface area contributed by atoms with E-state index in [0.29, 0.717) is 11.3 Å². The molecule has 72 valence electrons. The van der Waals surface area contributed by atoms with Crippen molar-refractivity contribution in [2.24, 2.45) is 0 Å². The van der Waals surface area contributed by atoms with E-state index in [0.717, 1.165) is 4.47 Å². The summed E-state index contributed by atoms with van der Waals surface area (Å²) in [6.07, 6.45) is 3.23. The monoisotopic (exact) mass is 253 g/mol. The van der Waals surface area contributed by atoms with Gasteiger partial charge in [-0.3, -0.25) is 9.20 Å². The number of hydrogen-bond donors (Lipinski definition) is 1. The maximum Gasteiger partial charge on any atom is 0.281 e. The lowest BCUT2D eigenvalue weighted by Crippen LogP contribution is -2.17. The molecular formula is C9H8BrN3O. The van der Waals surface area contributed by atoms with Crippen molar-refractivity contribution in [2.45, 2.75) is 0 Å². The summed E-state index contributed by atoms with van der Waals surface area (Å²) in [5, 5.41) is 2.80. The summed E-state index contributed by atoms with van der Waals surface area (Å²) in [4.78, 5) is 15.9. The molecule has 0 aromatic carbocycles. The topological polar surface area (TPSA) is 46.4 Å². The lowest BCUT2D eigenvalue weighted by Gasteiger charge is -2.03. The van der Waals surface area contributed by atoms with E-state index in [1.54, 1.807) is 19.3 Å². The Bertz CT molecular complexity index is 535. The normalized spacial score (nSPS) is 10.4. The Morgan fingerprint density at radius 1 is 1.50 bits per heavy atom. The second-order valence-electron chi connectivity index (χ2n) is 2.80. The Morgan fingerprint density at radius 3 is 3.00 bits per heavy atom. The average molecular weight is 254 g/mol. The fourth-order valence-corrected chi connectivity index (χ4v) is 1.56. The third-order valence-electron chi connectivity index (χ3n) is 1.94. The number of hydrogen-bond acceptors (Lipinski definition) is 3. The minimum absolute atomic E-state index is 0.0983. The molecule has 0 saturated carbocycles. The second kappa shape index (κ2) is 3.42. The van der Waals surface area contributed by atoms with Crippen LogP contribution in [0.1, 0.15) is 0 Å². The predicted octanol–water partition coefficient (Wildman–Crippen LogP) is 1.50. The molecule has 0 aliphatic rings. The number of aromatic nitrogens is 2. The Balaban J connectivity index is 2.87. The summed E-state index contributed by atoms with van der Waals surface area (Å²) < 4.78 is 2.35. The van der Waals surface area contributed by atoms with Crippen molar-refractivity contribution in [3.05, 3.63) is 39.4 Å². The summed E-state index contributed by atoms with van der Waals surface area (Å²) in [6.45, 7) is 0. The molecule has 4 nitrogen and oxygen atoms in total. The van der Waals surface area contributed by atoms with Gasteiger partial charge in [0, 0.05) is 17.7 Å². The van der Waals surface area contributed by atoms with E-state index >= 15 is 0 Å². The minimum Gasteiger partial charge on any atom is -0.382 e. The Morgan fingerprint density at radius 2 is 2.29 bits per heavy atom. The minimum atomic E-state index is -0.0983. The van der Waals surface area contributed by atoms with Gasteiger partial charge in [0.2, 0.25) is 0 Å². The Hall–Kier alpha value is -1.36. The van der Waals surface area contributed by atoms with Crippen molar-refractivity contribution in [1.82, 2.24) is 9.38 Å². The Kier molecular flexibility index (Phi) is 2.25. The van der Waals surface area contributed by atoms with E-state index in [2.05, 4.69) is 26.2 Å². The SMILES string of the molecule is CNc1cnc2ccc(Br)cn2c1=O. The summed E-state index contributed by atoms with van der Waals surface area (Å²) >= 11 is 3.31. The van der Waals surface area contributed by atoms with Crippen LogP contribution in [0.2, 0.25) is 0 Å². The molecule has 0 unspecified atom stereocenters. The highest BCUT2D eigenvalue weighted by atomic mass is 79.9. The van der Waals surface area contributed by atoms with Crippen LogP contribution in [0.25, 0.3) is 5.65 Å². The van der Waals surface area contributed by atoms with Crippen LogP contribution in [0.5, 0.6) is 0 Å². The first-order chi connectivity index (χ1) is 6.72. The first-order valence-electron chi connectivity index (χ1n) is 4.07. The van der Waals surface area contributed by atoms with Crippen molar-refractivity contribution in [3.63, 3.8) is 0 Å². The van der Waals surface area contributed by atoms with Crippen LogP contribution in [0.3, 0.4) is 0 Å². The largest absolute Gasteiger partial charge is 0.382 e. The molecule has 2 aromatic heterocycles. The molecule has 0 fully saturated rings. The molecule has 0 aliphatic heterocycles. The maximum atomic E-state index is 11.8. The van der Waals surface area contributed by atoms with Gasteiger partial charge in [0.25, 0.3) is 5.56 Å². The summed E-state index contributed by atoms with van der Waals surface area (Å²) in [6, 6.07) is 3.63.